The van der Waals surface area contributed by atoms with E-state index in [1.165, 1.54) is 103 Å². The molecule has 0 rings (SSSR count). The van der Waals surface area contributed by atoms with Crippen molar-refractivity contribution >= 4 is 17.9 Å². The van der Waals surface area contributed by atoms with Gasteiger partial charge in [0.1, 0.15) is 13.2 Å². The van der Waals surface area contributed by atoms with Crippen LogP contribution in [0.5, 0.6) is 0 Å². The molecule has 0 aliphatic rings. The number of hydrogen-bond acceptors (Lipinski definition) is 6. The summed E-state index contributed by atoms with van der Waals surface area (Å²) in [5.41, 5.74) is 0. The first kappa shape index (κ1) is 67.3. The van der Waals surface area contributed by atoms with Crippen molar-refractivity contribution in [3.05, 3.63) is 97.2 Å². The fourth-order valence-corrected chi connectivity index (χ4v) is 8.07. The summed E-state index contributed by atoms with van der Waals surface area (Å²) in [5.74, 6) is -0.924. The Morgan fingerprint density at radius 2 is 0.563 bits per heavy atom. The molecule has 1 atom stereocenters. The smallest absolute Gasteiger partial charge is 0.306 e. The molecule has 6 nitrogen and oxygen atoms in total. The van der Waals surface area contributed by atoms with Crippen molar-refractivity contribution < 1.29 is 28.6 Å². The first-order valence-corrected chi connectivity index (χ1v) is 29.7. The highest BCUT2D eigenvalue weighted by atomic mass is 16.6. The second-order valence-corrected chi connectivity index (χ2v) is 19.5. The highest BCUT2D eigenvalue weighted by Gasteiger charge is 2.19. The Morgan fingerprint density at radius 1 is 0.296 bits per heavy atom. The Balaban J connectivity index is 4.43. The van der Waals surface area contributed by atoms with Gasteiger partial charge in [-0.25, -0.2) is 0 Å². The molecule has 0 bridgehead atoms. The maximum absolute atomic E-state index is 12.9. The Hall–Kier alpha value is -3.67. The maximum atomic E-state index is 12.9. The predicted molar refractivity (Wildman–Crippen MR) is 307 cm³/mol. The van der Waals surface area contributed by atoms with Crippen molar-refractivity contribution in [2.24, 2.45) is 0 Å². The molecule has 0 radical (unpaired) electrons. The first-order chi connectivity index (χ1) is 35.0. The number of carbonyl (C=O) groups excluding carboxylic acids is 3. The van der Waals surface area contributed by atoms with E-state index in [9.17, 15) is 14.4 Å². The molecular formula is C65H110O6. The second-order valence-electron chi connectivity index (χ2n) is 19.5. The third-order valence-electron chi connectivity index (χ3n) is 12.5. The zero-order valence-corrected chi connectivity index (χ0v) is 46.5. The standard InChI is InChI=1S/C65H110O6/c1-4-7-10-13-16-19-22-25-28-30-32-33-34-36-37-40-43-46-49-52-55-58-64(67)70-61-62(60-69-63(66)57-54-51-48-45-42-39-27-24-21-18-15-12-9-6-3)71-65(68)59-56-53-50-47-44-41-38-35-31-29-26-23-20-17-14-11-8-5-2/h7,10,15-16,18-19,24-25,27-29,31-33,36-37,62H,4-6,8-9,11-14,17,20-23,26,30,34-35,38-61H2,1-3H3/b10-7-,18-15-,19-16-,27-24-,28-25-,31-29-,33-32-,37-36-. The molecule has 0 aromatic rings. The lowest BCUT2D eigenvalue weighted by atomic mass is 10.1. The van der Waals surface area contributed by atoms with Crippen molar-refractivity contribution in [2.75, 3.05) is 13.2 Å². The summed E-state index contributed by atoms with van der Waals surface area (Å²) in [6.07, 6.45) is 78.2. The number of hydrogen-bond donors (Lipinski definition) is 0. The van der Waals surface area contributed by atoms with Crippen LogP contribution < -0.4 is 0 Å². The topological polar surface area (TPSA) is 78.9 Å². The van der Waals surface area contributed by atoms with E-state index in [1.807, 2.05) is 0 Å². The molecule has 0 heterocycles. The summed E-state index contributed by atoms with van der Waals surface area (Å²) in [5, 5.41) is 0. The molecule has 0 saturated carbocycles. The molecule has 0 aliphatic carbocycles. The predicted octanol–water partition coefficient (Wildman–Crippen LogP) is 20.1. The van der Waals surface area contributed by atoms with Gasteiger partial charge < -0.3 is 14.2 Å². The van der Waals surface area contributed by atoms with Crippen LogP contribution in [0.4, 0.5) is 0 Å². The quantitative estimate of drug-likeness (QED) is 0.0261. The van der Waals surface area contributed by atoms with Crippen LogP contribution in [-0.4, -0.2) is 37.2 Å². The molecule has 6 heteroatoms. The number of allylic oxidation sites excluding steroid dienone is 16. The average molecular weight is 988 g/mol. The van der Waals surface area contributed by atoms with E-state index in [2.05, 4.69) is 118 Å². The normalized spacial score (nSPS) is 12.8. The zero-order chi connectivity index (χ0) is 51.4. The van der Waals surface area contributed by atoms with Crippen molar-refractivity contribution in [2.45, 2.75) is 284 Å². The molecule has 71 heavy (non-hydrogen) atoms. The molecule has 0 N–H and O–H groups in total. The average Bonchev–Trinajstić information content (AvgIpc) is 3.37. The molecule has 0 amide bonds. The Labute approximate surface area is 438 Å². The van der Waals surface area contributed by atoms with Gasteiger partial charge >= 0.3 is 17.9 Å². The summed E-state index contributed by atoms with van der Waals surface area (Å²) < 4.78 is 16.9. The monoisotopic (exact) mass is 987 g/mol. The number of esters is 3. The largest absolute Gasteiger partial charge is 0.462 e. The van der Waals surface area contributed by atoms with E-state index in [-0.39, 0.29) is 31.1 Å². The molecule has 0 saturated heterocycles. The van der Waals surface area contributed by atoms with Gasteiger partial charge in [-0.05, 0) is 116 Å². The highest BCUT2D eigenvalue weighted by Crippen LogP contribution is 2.15. The van der Waals surface area contributed by atoms with E-state index in [1.54, 1.807) is 0 Å². The minimum absolute atomic E-state index is 0.0931. The van der Waals surface area contributed by atoms with Crippen LogP contribution in [-0.2, 0) is 28.6 Å². The van der Waals surface area contributed by atoms with Crippen LogP contribution >= 0.6 is 0 Å². The second kappa shape index (κ2) is 58.9. The summed E-state index contributed by atoms with van der Waals surface area (Å²) in [6, 6.07) is 0. The zero-order valence-electron chi connectivity index (χ0n) is 46.5. The van der Waals surface area contributed by atoms with Gasteiger partial charge in [-0.3, -0.25) is 14.4 Å². The van der Waals surface area contributed by atoms with Gasteiger partial charge in [-0.1, -0.05) is 240 Å². The van der Waals surface area contributed by atoms with Crippen LogP contribution in [0.1, 0.15) is 278 Å². The van der Waals surface area contributed by atoms with E-state index < -0.39 is 6.10 Å². The lowest BCUT2D eigenvalue weighted by Crippen LogP contribution is -2.30. The number of unbranched alkanes of at least 4 members (excludes halogenated alkanes) is 26. The Morgan fingerprint density at radius 3 is 0.915 bits per heavy atom. The van der Waals surface area contributed by atoms with Gasteiger partial charge in [0.2, 0.25) is 0 Å². The summed E-state index contributed by atoms with van der Waals surface area (Å²) in [6.45, 7) is 6.46. The van der Waals surface area contributed by atoms with Crippen LogP contribution in [0, 0.1) is 0 Å². The SMILES string of the molecule is CC/C=C\C/C=C\C/C=C\C/C=C\C/C=C\CCCCCCCC(=O)OCC(COC(=O)CCCCCCC/C=C\C/C=C\CCCC)OC(=O)CCCCCCCCC/C=C\CCCCCCCCC. The van der Waals surface area contributed by atoms with Crippen molar-refractivity contribution in [1.29, 1.82) is 0 Å². The first-order valence-electron chi connectivity index (χ1n) is 29.7. The van der Waals surface area contributed by atoms with Gasteiger partial charge in [-0.15, -0.1) is 0 Å². The van der Waals surface area contributed by atoms with Gasteiger partial charge in [0.25, 0.3) is 0 Å². The van der Waals surface area contributed by atoms with Gasteiger partial charge in [0.15, 0.2) is 6.10 Å². The Bertz CT molecular complexity index is 1410. The third-order valence-corrected chi connectivity index (χ3v) is 12.5. The summed E-state index contributed by atoms with van der Waals surface area (Å²) >= 11 is 0. The van der Waals surface area contributed by atoms with Gasteiger partial charge in [0.05, 0.1) is 0 Å². The van der Waals surface area contributed by atoms with Crippen LogP contribution in [0.15, 0.2) is 97.2 Å². The lowest BCUT2D eigenvalue weighted by Gasteiger charge is -2.18. The molecule has 0 spiro atoms. The fraction of sp³-hybridized carbons (Fsp3) is 0.708. The minimum Gasteiger partial charge on any atom is -0.462 e. The van der Waals surface area contributed by atoms with E-state index >= 15 is 0 Å². The molecule has 0 aliphatic heterocycles. The van der Waals surface area contributed by atoms with Crippen molar-refractivity contribution in [3.8, 4) is 0 Å². The summed E-state index contributed by atoms with van der Waals surface area (Å²) in [4.78, 5) is 38.2. The number of carbonyl (C=O) groups is 3. The lowest BCUT2D eigenvalue weighted by molar-refractivity contribution is -0.167. The van der Waals surface area contributed by atoms with E-state index in [4.69, 9.17) is 14.2 Å². The molecular weight excluding hydrogens is 877 g/mol. The van der Waals surface area contributed by atoms with Crippen molar-refractivity contribution in [3.63, 3.8) is 0 Å². The molecule has 0 aromatic carbocycles. The van der Waals surface area contributed by atoms with Gasteiger partial charge in [-0.2, -0.15) is 0 Å². The molecule has 1 unspecified atom stereocenters. The highest BCUT2D eigenvalue weighted by molar-refractivity contribution is 5.71. The van der Waals surface area contributed by atoms with Crippen LogP contribution in [0.3, 0.4) is 0 Å². The molecule has 0 fully saturated rings. The van der Waals surface area contributed by atoms with Gasteiger partial charge in [0, 0.05) is 19.3 Å². The van der Waals surface area contributed by atoms with Crippen LogP contribution in [0.25, 0.3) is 0 Å². The molecule has 0 aromatic heterocycles. The number of rotatable bonds is 53. The minimum atomic E-state index is -0.796. The van der Waals surface area contributed by atoms with Crippen molar-refractivity contribution in [1.82, 2.24) is 0 Å². The number of ether oxygens (including phenoxy) is 3. The van der Waals surface area contributed by atoms with E-state index in [0.29, 0.717) is 19.3 Å². The Kier molecular flexibility index (Phi) is 55.9. The van der Waals surface area contributed by atoms with Crippen LogP contribution in [0.2, 0.25) is 0 Å². The summed E-state index contributed by atoms with van der Waals surface area (Å²) in [7, 11) is 0. The van der Waals surface area contributed by atoms with E-state index in [0.717, 1.165) is 135 Å². The maximum Gasteiger partial charge on any atom is 0.306 e. The fourth-order valence-electron chi connectivity index (χ4n) is 8.07. The molecule has 406 valence electrons. The third kappa shape index (κ3) is 57.1.